The van der Waals surface area contributed by atoms with Gasteiger partial charge in [-0.25, -0.2) is 4.79 Å². The molecule has 0 N–H and O–H groups in total. The van der Waals surface area contributed by atoms with Crippen molar-refractivity contribution in [3.8, 4) is 5.75 Å². The average Bonchev–Trinajstić information content (AvgIpc) is 2.98. The van der Waals surface area contributed by atoms with Crippen LogP contribution in [0.15, 0.2) is 63.7 Å². The van der Waals surface area contributed by atoms with Crippen LogP contribution in [-0.2, 0) is 9.63 Å². The highest BCUT2D eigenvalue weighted by Gasteiger charge is 2.26. The van der Waals surface area contributed by atoms with Crippen LogP contribution in [0.5, 0.6) is 5.75 Å². The van der Waals surface area contributed by atoms with Crippen LogP contribution in [-0.4, -0.2) is 18.3 Å². The Morgan fingerprint density at radius 2 is 1.84 bits per heavy atom. The number of halogens is 1. The van der Waals surface area contributed by atoms with Gasteiger partial charge in [0.2, 0.25) is 0 Å². The van der Waals surface area contributed by atoms with Crippen LogP contribution in [0.25, 0.3) is 6.08 Å². The molecule has 0 saturated heterocycles. The minimum atomic E-state index is -0.443. The van der Waals surface area contributed by atoms with Crippen molar-refractivity contribution >= 4 is 33.7 Å². The van der Waals surface area contributed by atoms with Crippen LogP contribution >= 0.6 is 15.9 Å². The first-order valence-corrected chi connectivity index (χ1v) is 8.97. The summed E-state index contributed by atoms with van der Waals surface area (Å²) in [5, 5.41) is 3.94. The van der Waals surface area contributed by atoms with Crippen LogP contribution in [0, 0.1) is 0 Å². The standard InChI is InChI=1S/C20H18BrNO3/c1-2-3-12-24-17-10-6-15(7-11-17)19-18(20(23)25-22-19)13-14-4-8-16(21)9-5-14/h4-11,13H,2-3,12H2,1H3. The van der Waals surface area contributed by atoms with Gasteiger partial charge in [-0.05, 0) is 54.5 Å². The van der Waals surface area contributed by atoms with E-state index in [0.717, 1.165) is 34.2 Å². The lowest BCUT2D eigenvalue weighted by Gasteiger charge is -2.06. The molecule has 4 nitrogen and oxygen atoms in total. The van der Waals surface area contributed by atoms with E-state index in [4.69, 9.17) is 9.57 Å². The fourth-order valence-electron chi connectivity index (χ4n) is 2.39. The Balaban J connectivity index is 1.80. The van der Waals surface area contributed by atoms with Gasteiger partial charge in [-0.2, -0.15) is 0 Å². The van der Waals surface area contributed by atoms with E-state index in [0.29, 0.717) is 17.9 Å². The third kappa shape index (κ3) is 4.37. The number of benzene rings is 2. The number of hydrogen-bond acceptors (Lipinski definition) is 4. The fourth-order valence-corrected chi connectivity index (χ4v) is 2.65. The second kappa shape index (κ2) is 8.12. The SMILES string of the molecule is CCCCOc1ccc(C2=NOC(=O)C2=Cc2ccc(Br)cc2)cc1. The number of ether oxygens (including phenoxy) is 1. The third-order valence-corrected chi connectivity index (χ3v) is 4.30. The fraction of sp³-hybridized carbons (Fsp3) is 0.200. The summed E-state index contributed by atoms with van der Waals surface area (Å²) in [4.78, 5) is 16.9. The molecule has 1 heterocycles. The van der Waals surface area contributed by atoms with Gasteiger partial charge in [0.25, 0.3) is 0 Å². The molecule has 0 saturated carbocycles. The van der Waals surface area contributed by atoms with E-state index in [9.17, 15) is 4.79 Å². The topological polar surface area (TPSA) is 47.9 Å². The molecule has 1 aliphatic rings. The zero-order valence-electron chi connectivity index (χ0n) is 13.9. The maximum Gasteiger partial charge on any atom is 0.368 e. The van der Waals surface area contributed by atoms with Crippen LogP contribution in [0.2, 0.25) is 0 Å². The summed E-state index contributed by atoms with van der Waals surface area (Å²) in [6.07, 6.45) is 3.90. The van der Waals surface area contributed by atoms with Gasteiger partial charge >= 0.3 is 5.97 Å². The number of carbonyl (C=O) groups excluding carboxylic acids is 1. The lowest BCUT2D eigenvalue weighted by Crippen LogP contribution is -2.07. The van der Waals surface area contributed by atoms with Crippen LogP contribution in [0.3, 0.4) is 0 Å². The second-order valence-electron chi connectivity index (χ2n) is 5.65. The molecule has 0 spiro atoms. The number of oxime groups is 1. The number of nitrogens with zero attached hydrogens (tertiary/aromatic N) is 1. The maximum atomic E-state index is 12.0. The Bertz CT molecular complexity index is 808. The van der Waals surface area contributed by atoms with E-state index in [1.54, 1.807) is 6.08 Å². The summed E-state index contributed by atoms with van der Waals surface area (Å²) >= 11 is 3.40. The molecule has 5 heteroatoms. The van der Waals surface area contributed by atoms with E-state index in [1.807, 2.05) is 48.5 Å². The molecule has 128 valence electrons. The largest absolute Gasteiger partial charge is 0.494 e. The van der Waals surface area contributed by atoms with Gasteiger partial charge in [0.05, 0.1) is 12.2 Å². The third-order valence-electron chi connectivity index (χ3n) is 3.77. The predicted molar refractivity (Wildman–Crippen MR) is 102 cm³/mol. The molecule has 25 heavy (non-hydrogen) atoms. The zero-order valence-corrected chi connectivity index (χ0v) is 15.5. The molecule has 0 radical (unpaired) electrons. The van der Waals surface area contributed by atoms with Crippen molar-refractivity contribution in [3.63, 3.8) is 0 Å². The molecule has 2 aromatic rings. The number of carbonyl (C=O) groups is 1. The number of hydrogen-bond donors (Lipinski definition) is 0. The van der Waals surface area contributed by atoms with Crippen molar-refractivity contribution in [1.29, 1.82) is 0 Å². The Kier molecular flexibility index (Phi) is 5.66. The van der Waals surface area contributed by atoms with E-state index >= 15 is 0 Å². The van der Waals surface area contributed by atoms with Gasteiger partial charge in [0.15, 0.2) is 0 Å². The monoisotopic (exact) mass is 399 g/mol. The first-order valence-electron chi connectivity index (χ1n) is 8.17. The minimum Gasteiger partial charge on any atom is -0.494 e. The van der Waals surface area contributed by atoms with E-state index < -0.39 is 5.97 Å². The van der Waals surface area contributed by atoms with Crippen LogP contribution in [0.1, 0.15) is 30.9 Å². The van der Waals surface area contributed by atoms with E-state index in [-0.39, 0.29) is 0 Å². The Hall–Kier alpha value is -2.40. The lowest BCUT2D eigenvalue weighted by atomic mass is 10.0. The van der Waals surface area contributed by atoms with Crippen molar-refractivity contribution in [2.24, 2.45) is 5.16 Å². The highest BCUT2D eigenvalue weighted by Crippen LogP contribution is 2.23. The molecule has 0 amide bonds. The summed E-state index contributed by atoms with van der Waals surface area (Å²) < 4.78 is 6.64. The predicted octanol–water partition coefficient (Wildman–Crippen LogP) is 4.97. The molecule has 0 aliphatic carbocycles. The normalized spacial score (nSPS) is 15.2. The quantitative estimate of drug-likeness (QED) is 0.391. The van der Waals surface area contributed by atoms with Gasteiger partial charge < -0.3 is 9.57 Å². The molecule has 3 rings (SSSR count). The first kappa shape index (κ1) is 17.4. The summed E-state index contributed by atoms with van der Waals surface area (Å²) in [5.74, 6) is 0.364. The van der Waals surface area contributed by atoms with Gasteiger partial charge in [0.1, 0.15) is 11.5 Å². The van der Waals surface area contributed by atoms with Crippen molar-refractivity contribution in [3.05, 3.63) is 69.7 Å². The van der Waals surface area contributed by atoms with Gasteiger partial charge in [0, 0.05) is 10.0 Å². The van der Waals surface area contributed by atoms with Crippen molar-refractivity contribution in [2.45, 2.75) is 19.8 Å². The summed E-state index contributed by atoms with van der Waals surface area (Å²) in [7, 11) is 0. The molecular formula is C20H18BrNO3. The molecule has 0 aromatic heterocycles. The smallest absolute Gasteiger partial charge is 0.368 e. The Morgan fingerprint density at radius 3 is 2.52 bits per heavy atom. The average molecular weight is 400 g/mol. The minimum absolute atomic E-state index is 0.443. The van der Waals surface area contributed by atoms with Gasteiger partial charge in [-0.1, -0.05) is 46.6 Å². The molecule has 2 aromatic carbocycles. The van der Waals surface area contributed by atoms with E-state index in [1.165, 1.54) is 0 Å². The van der Waals surface area contributed by atoms with Crippen LogP contribution in [0.4, 0.5) is 0 Å². The molecular weight excluding hydrogens is 382 g/mol. The van der Waals surface area contributed by atoms with Gasteiger partial charge in [-0.3, -0.25) is 0 Å². The summed E-state index contributed by atoms with van der Waals surface area (Å²) in [6, 6.07) is 15.2. The maximum absolute atomic E-state index is 12.0. The Labute approximate surface area is 155 Å². The highest BCUT2D eigenvalue weighted by atomic mass is 79.9. The van der Waals surface area contributed by atoms with Crippen molar-refractivity contribution < 1.29 is 14.4 Å². The molecule has 0 bridgehead atoms. The van der Waals surface area contributed by atoms with Crippen molar-refractivity contribution in [2.75, 3.05) is 6.61 Å². The Morgan fingerprint density at radius 1 is 1.12 bits per heavy atom. The molecule has 0 fully saturated rings. The summed E-state index contributed by atoms with van der Waals surface area (Å²) in [5.41, 5.74) is 2.70. The molecule has 0 atom stereocenters. The van der Waals surface area contributed by atoms with E-state index in [2.05, 4.69) is 28.0 Å². The molecule has 1 aliphatic heterocycles. The highest BCUT2D eigenvalue weighted by molar-refractivity contribution is 9.10. The van der Waals surface area contributed by atoms with Crippen LogP contribution < -0.4 is 4.74 Å². The van der Waals surface area contributed by atoms with Gasteiger partial charge in [-0.15, -0.1) is 0 Å². The van der Waals surface area contributed by atoms with Crippen molar-refractivity contribution in [1.82, 2.24) is 0 Å². The number of rotatable bonds is 6. The molecule has 0 unspecified atom stereocenters. The second-order valence-corrected chi connectivity index (χ2v) is 6.57. The lowest BCUT2D eigenvalue weighted by molar-refractivity contribution is -0.136. The first-order chi connectivity index (χ1) is 12.2. The zero-order chi connectivity index (χ0) is 17.6. The number of unbranched alkanes of at least 4 members (excludes halogenated alkanes) is 1. The summed E-state index contributed by atoms with van der Waals surface area (Å²) in [6.45, 7) is 2.83.